The van der Waals surface area contributed by atoms with Crippen LogP contribution < -0.4 is 5.73 Å². The predicted molar refractivity (Wildman–Crippen MR) is 65.5 cm³/mol. The monoisotopic (exact) mass is 239 g/mol. The Morgan fingerprint density at radius 2 is 2.25 bits per heavy atom. The van der Waals surface area contributed by atoms with E-state index in [0.29, 0.717) is 17.1 Å². The third-order valence-electron chi connectivity index (χ3n) is 2.08. The van der Waals surface area contributed by atoms with E-state index < -0.39 is 5.97 Å². The summed E-state index contributed by atoms with van der Waals surface area (Å²) in [4.78, 5) is 10.7. The summed E-state index contributed by atoms with van der Waals surface area (Å²) < 4.78 is 0. The van der Waals surface area contributed by atoms with Gasteiger partial charge in [0, 0.05) is 5.02 Å². The largest absolute Gasteiger partial charge is 0.481 e. The number of aliphatic carboxylic acids is 1. The Balaban J connectivity index is 2.93. The van der Waals surface area contributed by atoms with Crippen LogP contribution in [0.5, 0.6) is 0 Å². The molecule has 1 rings (SSSR count). The van der Waals surface area contributed by atoms with Gasteiger partial charge in [-0.25, -0.2) is 0 Å². The molecule has 0 atom stereocenters. The summed E-state index contributed by atoms with van der Waals surface area (Å²) in [6.45, 7) is 0.582. The van der Waals surface area contributed by atoms with Gasteiger partial charge in [0.25, 0.3) is 0 Å². The average molecular weight is 240 g/mol. The molecule has 1 aromatic carbocycles. The second-order valence-corrected chi connectivity index (χ2v) is 3.83. The molecule has 0 saturated heterocycles. The highest BCUT2D eigenvalue weighted by molar-refractivity contribution is 6.30. The zero-order valence-electron chi connectivity index (χ0n) is 8.82. The molecule has 0 bridgehead atoms. The summed E-state index contributed by atoms with van der Waals surface area (Å²) in [5.74, 6) is -0.865. The number of carboxylic acids is 1. The van der Waals surface area contributed by atoms with Gasteiger partial charge in [0.2, 0.25) is 0 Å². The second kappa shape index (κ2) is 6.30. The van der Waals surface area contributed by atoms with E-state index in [2.05, 4.69) is 0 Å². The van der Waals surface area contributed by atoms with Crippen molar-refractivity contribution in [2.75, 3.05) is 6.54 Å². The summed E-state index contributed by atoms with van der Waals surface area (Å²) >= 11 is 5.82. The molecule has 0 amide bonds. The standard InChI is InChI=1S/C12H14ClNO2/c13-11-5-4-9(3-1-2-6-14)10(7-11)8-12(15)16/h1,3-5,7H,2,6,8,14H2,(H,15,16). The fourth-order valence-electron chi connectivity index (χ4n) is 1.36. The Kier molecular flexibility index (Phi) is 5.02. The van der Waals surface area contributed by atoms with Gasteiger partial charge in [-0.1, -0.05) is 29.8 Å². The molecule has 0 fully saturated rings. The van der Waals surface area contributed by atoms with Crippen LogP contribution in [-0.2, 0) is 11.2 Å². The zero-order chi connectivity index (χ0) is 12.0. The van der Waals surface area contributed by atoms with Crippen LogP contribution in [0, 0.1) is 0 Å². The van der Waals surface area contributed by atoms with E-state index in [1.54, 1.807) is 12.1 Å². The van der Waals surface area contributed by atoms with Crippen molar-refractivity contribution >= 4 is 23.6 Å². The Morgan fingerprint density at radius 1 is 1.50 bits per heavy atom. The lowest BCUT2D eigenvalue weighted by atomic mass is 10.0. The molecule has 0 saturated carbocycles. The van der Waals surface area contributed by atoms with Gasteiger partial charge in [-0.2, -0.15) is 0 Å². The Hall–Kier alpha value is -1.32. The first-order valence-electron chi connectivity index (χ1n) is 5.00. The Bertz CT molecular complexity index is 402. The molecule has 0 aliphatic heterocycles. The van der Waals surface area contributed by atoms with Crippen molar-refractivity contribution in [1.82, 2.24) is 0 Å². The molecule has 1 aromatic rings. The molecule has 0 aliphatic rings. The lowest BCUT2D eigenvalue weighted by molar-refractivity contribution is -0.136. The van der Waals surface area contributed by atoms with E-state index in [-0.39, 0.29) is 6.42 Å². The highest BCUT2D eigenvalue weighted by Gasteiger charge is 2.05. The average Bonchev–Trinajstić information content (AvgIpc) is 2.20. The van der Waals surface area contributed by atoms with E-state index in [1.807, 2.05) is 18.2 Å². The quantitative estimate of drug-likeness (QED) is 0.829. The summed E-state index contributed by atoms with van der Waals surface area (Å²) in [5.41, 5.74) is 6.96. The molecule has 0 unspecified atom stereocenters. The Labute approximate surface area is 99.5 Å². The van der Waals surface area contributed by atoms with E-state index in [1.165, 1.54) is 0 Å². The Morgan fingerprint density at radius 3 is 2.88 bits per heavy atom. The van der Waals surface area contributed by atoms with E-state index in [0.717, 1.165) is 12.0 Å². The number of hydrogen-bond donors (Lipinski definition) is 2. The highest BCUT2D eigenvalue weighted by Crippen LogP contribution is 2.18. The van der Waals surface area contributed by atoms with Crippen molar-refractivity contribution in [1.29, 1.82) is 0 Å². The number of hydrogen-bond acceptors (Lipinski definition) is 2. The maximum Gasteiger partial charge on any atom is 0.307 e. The van der Waals surface area contributed by atoms with Crippen LogP contribution in [-0.4, -0.2) is 17.6 Å². The zero-order valence-corrected chi connectivity index (χ0v) is 9.57. The van der Waals surface area contributed by atoms with Crippen LogP contribution >= 0.6 is 11.6 Å². The smallest absolute Gasteiger partial charge is 0.307 e. The van der Waals surface area contributed by atoms with Crippen molar-refractivity contribution < 1.29 is 9.90 Å². The third-order valence-corrected chi connectivity index (χ3v) is 2.31. The highest BCUT2D eigenvalue weighted by atomic mass is 35.5. The maximum absolute atomic E-state index is 10.7. The lowest BCUT2D eigenvalue weighted by Crippen LogP contribution is -2.02. The normalized spacial score (nSPS) is 10.9. The van der Waals surface area contributed by atoms with Crippen LogP contribution in [0.15, 0.2) is 24.3 Å². The number of benzene rings is 1. The molecular weight excluding hydrogens is 226 g/mol. The molecule has 86 valence electrons. The fraction of sp³-hybridized carbons (Fsp3) is 0.250. The number of carboxylic acid groups (broad SMARTS) is 1. The molecule has 0 spiro atoms. The SMILES string of the molecule is NCCC=Cc1ccc(Cl)cc1CC(=O)O. The van der Waals surface area contributed by atoms with E-state index in [9.17, 15) is 4.79 Å². The first kappa shape index (κ1) is 12.7. The summed E-state index contributed by atoms with van der Waals surface area (Å²) in [6, 6.07) is 5.24. The summed E-state index contributed by atoms with van der Waals surface area (Å²) in [7, 11) is 0. The van der Waals surface area contributed by atoms with E-state index >= 15 is 0 Å². The van der Waals surface area contributed by atoms with Gasteiger partial charge in [-0.3, -0.25) is 4.79 Å². The summed E-state index contributed by atoms with van der Waals surface area (Å²) in [6.07, 6.45) is 4.55. The minimum atomic E-state index is -0.865. The first-order chi connectivity index (χ1) is 7.63. The van der Waals surface area contributed by atoms with Crippen LogP contribution in [0.1, 0.15) is 17.5 Å². The maximum atomic E-state index is 10.7. The molecule has 3 N–H and O–H groups in total. The van der Waals surface area contributed by atoms with Gasteiger partial charge in [0.05, 0.1) is 6.42 Å². The van der Waals surface area contributed by atoms with Gasteiger partial charge >= 0.3 is 5.97 Å². The summed E-state index contributed by atoms with van der Waals surface area (Å²) in [5, 5.41) is 9.32. The molecule has 0 aromatic heterocycles. The molecule has 0 aliphatic carbocycles. The molecule has 0 heterocycles. The van der Waals surface area contributed by atoms with Crippen LogP contribution in [0.4, 0.5) is 0 Å². The second-order valence-electron chi connectivity index (χ2n) is 3.39. The molecule has 3 nitrogen and oxygen atoms in total. The number of rotatable bonds is 5. The van der Waals surface area contributed by atoms with Crippen molar-refractivity contribution in [2.24, 2.45) is 5.73 Å². The van der Waals surface area contributed by atoms with Gasteiger partial charge in [-0.05, 0) is 36.2 Å². The number of carbonyl (C=O) groups is 1. The van der Waals surface area contributed by atoms with Gasteiger partial charge in [0.15, 0.2) is 0 Å². The lowest BCUT2D eigenvalue weighted by Gasteiger charge is -2.04. The third kappa shape index (κ3) is 4.04. The topological polar surface area (TPSA) is 63.3 Å². The van der Waals surface area contributed by atoms with Crippen molar-refractivity contribution in [2.45, 2.75) is 12.8 Å². The molecular formula is C12H14ClNO2. The van der Waals surface area contributed by atoms with E-state index in [4.69, 9.17) is 22.4 Å². The fourth-order valence-corrected chi connectivity index (χ4v) is 1.55. The number of nitrogens with two attached hydrogens (primary N) is 1. The molecule has 16 heavy (non-hydrogen) atoms. The van der Waals surface area contributed by atoms with Crippen molar-refractivity contribution in [3.63, 3.8) is 0 Å². The van der Waals surface area contributed by atoms with Gasteiger partial charge in [0.1, 0.15) is 0 Å². The van der Waals surface area contributed by atoms with Crippen LogP contribution in [0.25, 0.3) is 6.08 Å². The first-order valence-corrected chi connectivity index (χ1v) is 5.38. The minimum absolute atomic E-state index is 0.0249. The molecule has 0 radical (unpaired) electrons. The minimum Gasteiger partial charge on any atom is -0.481 e. The van der Waals surface area contributed by atoms with Crippen molar-refractivity contribution in [3.05, 3.63) is 40.4 Å². The van der Waals surface area contributed by atoms with Gasteiger partial charge in [-0.15, -0.1) is 0 Å². The van der Waals surface area contributed by atoms with Gasteiger partial charge < -0.3 is 10.8 Å². The molecule has 4 heteroatoms. The van der Waals surface area contributed by atoms with Crippen LogP contribution in [0.2, 0.25) is 5.02 Å². The van der Waals surface area contributed by atoms with Crippen molar-refractivity contribution in [3.8, 4) is 0 Å². The number of halogens is 1. The van der Waals surface area contributed by atoms with Crippen LogP contribution in [0.3, 0.4) is 0 Å². The predicted octanol–water partition coefficient (Wildman–Crippen LogP) is 2.33.